The minimum Gasteiger partial charge on any atom is -0.354 e. The normalized spacial score (nSPS) is 10.7. The van der Waals surface area contributed by atoms with Gasteiger partial charge in [-0.2, -0.15) is 10.2 Å². The van der Waals surface area contributed by atoms with Crippen LogP contribution < -0.4 is 10.6 Å². The van der Waals surface area contributed by atoms with E-state index in [1.165, 1.54) is 7.05 Å². The van der Waals surface area contributed by atoms with Crippen LogP contribution in [0.3, 0.4) is 0 Å². The number of nitrogens with one attached hydrogen (secondary N) is 2. The molecule has 0 aliphatic carbocycles. The summed E-state index contributed by atoms with van der Waals surface area (Å²) in [6, 6.07) is 19.2. The Hall–Kier alpha value is -4.20. The first-order chi connectivity index (χ1) is 15.5. The monoisotopic (exact) mass is 428 g/mol. The smallest absolute Gasteiger partial charge is 0.273 e. The molecule has 2 N–H and O–H groups in total. The summed E-state index contributed by atoms with van der Waals surface area (Å²) in [5.41, 5.74) is 3.88. The Kier molecular flexibility index (Phi) is 5.85. The summed E-state index contributed by atoms with van der Waals surface area (Å²) >= 11 is 0. The number of benzene rings is 2. The van der Waals surface area contributed by atoms with E-state index in [-0.39, 0.29) is 17.5 Å². The molecule has 0 radical (unpaired) electrons. The van der Waals surface area contributed by atoms with E-state index < -0.39 is 0 Å². The number of hydrogen-bond acceptors (Lipinski definition) is 4. The first-order valence-electron chi connectivity index (χ1n) is 10.3. The first-order valence-corrected chi connectivity index (χ1v) is 10.3. The minimum atomic E-state index is -0.368. The highest BCUT2D eigenvalue weighted by molar-refractivity contribution is 6.11. The van der Waals surface area contributed by atoms with E-state index in [0.717, 1.165) is 11.3 Å². The van der Waals surface area contributed by atoms with Gasteiger partial charge < -0.3 is 10.6 Å². The maximum Gasteiger partial charge on any atom is 0.273 e. The zero-order chi connectivity index (χ0) is 22.7. The molecule has 2 aromatic carbocycles. The number of amides is 2. The van der Waals surface area contributed by atoms with E-state index in [4.69, 9.17) is 5.10 Å². The quantitative estimate of drug-likeness (QED) is 0.490. The molecule has 0 aliphatic heterocycles. The van der Waals surface area contributed by atoms with Crippen LogP contribution in [0.1, 0.15) is 33.5 Å². The predicted molar refractivity (Wildman–Crippen MR) is 123 cm³/mol. The van der Waals surface area contributed by atoms with Crippen molar-refractivity contribution in [1.82, 2.24) is 24.9 Å². The number of aryl methyl sites for hydroxylation is 1. The van der Waals surface area contributed by atoms with Crippen LogP contribution in [0.2, 0.25) is 0 Å². The molecule has 0 unspecified atom stereocenters. The fourth-order valence-electron chi connectivity index (χ4n) is 3.54. The van der Waals surface area contributed by atoms with Gasteiger partial charge >= 0.3 is 0 Å². The molecule has 2 aromatic heterocycles. The Morgan fingerprint density at radius 3 is 2.22 bits per heavy atom. The summed E-state index contributed by atoms with van der Waals surface area (Å²) in [6.45, 7) is 4.34. The molecule has 8 heteroatoms. The molecule has 0 fully saturated rings. The van der Waals surface area contributed by atoms with Crippen LogP contribution in [0.15, 0.2) is 66.9 Å². The Morgan fingerprint density at radius 1 is 0.938 bits per heavy atom. The molecule has 0 aliphatic rings. The van der Waals surface area contributed by atoms with Crippen LogP contribution in [-0.4, -0.2) is 38.4 Å². The molecule has 2 heterocycles. The van der Waals surface area contributed by atoms with Crippen molar-refractivity contribution in [3.05, 3.63) is 83.8 Å². The summed E-state index contributed by atoms with van der Waals surface area (Å²) in [4.78, 5) is 25.8. The van der Waals surface area contributed by atoms with E-state index in [0.29, 0.717) is 29.2 Å². The third-order valence-electron chi connectivity index (χ3n) is 5.17. The molecule has 0 spiro atoms. The van der Waals surface area contributed by atoms with Gasteiger partial charge in [0.05, 0.1) is 22.6 Å². The molecule has 0 saturated heterocycles. The van der Waals surface area contributed by atoms with Gasteiger partial charge in [0.2, 0.25) is 0 Å². The Bertz CT molecular complexity index is 1260. The zero-order valence-corrected chi connectivity index (χ0v) is 18.2. The second-order valence-corrected chi connectivity index (χ2v) is 7.20. The van der Waals surface area contributed by atoms with Gasteiger partial charge in [0, 0.05) is 25.4 Å². The fourth-order valence-corrected chi connectivity index (χ4v) is 3.54. The van der Waals surface area contributed by atoms with E-state index >= 15 is 0 Å². The number of rotatable bonds is 6. The molecule has 0 atom stereocenters. The summed E-state index contributed by atoms with van der Waals surface area (Å²) in [6.07, 6.45) is 1.65. The maximum absolute atomic E-state index is 13.5. The Morgan fingerprint density at radius 2 is 1.59 bits per heavy atom. The number of aromatic nitrogens is 4. The minimum absolute atomic E-state index is 0.164. The number of carbonyl (C=O) groups is 2. The molecular formula is C24H24N6O2. The SMILES string of the molecule is CCn1cc(NC(=O)c2c(-c3ccccc3)nn(-c3ccccc3)c2C)c(C(=O)NC)n1. The molecule has 8 nitrogen and oxygen atoms in total. The third kappa shape index (κ3) is 3.90. The van der Waals surface area contributed by atoms with Gasteiger partial charge in [-0.15, -0.1) is 0 Å². The summed E-state index contributed by atoms with van der Waals surface area (Å²) in [7, 11) is 1.53. The fraction of sp³-hybridized carbons (Fsp3) is 0.167. The highest BCUT2D eigenvalue weighted by Gasteiger charge is 2.25. The second-order valence-electron chi connectivity index (χ2n) is 7.20. The first kappa shape index (κ1) is 21.0. The van der Waals surface area contributed by atoms with Gasteiger partial charge in [-0.25, -0.2) is 4.68 Å². The zero-order valence-electron chi connectivity index (χ0n) is 18.2. The summed E-state index contributed by atoms with van der Waals surface area (Å²) < 4.78 is 3.37. The van der Waals surface area contributed by atoms with E-state index in [1.54, 1.807) is 15.6 Å². The number of carbonyl (C=O) groups excluding carboxylic acids is 2. The molecule has 0 saturated carbocycles. The molecular weight excluding hydrogens is 404 g/mol. The van der Waals surface area contributed by atoms with Crippen molar-refractivity contribution in [3.63, 3.8) is 0 Å². The second kappa shape index (κ2) is 8.89. The topological polar surface area (TPSA) is 93.8 Å². The van der Waals surface area contributed by atoms with Crippen LogP contribution in [0.4, 0.5) is 5.69 Å². The lowest BCUT2D eigenvalue weighted by Gasteiger charge is -2.07. The van der Waals surface area contributed by atoms with Crippen molar-refractivity contribution in [2.45, 2.75) is 20.4 Å². The van der Waals surface area contributed by atoms with Crippen molar-refractivity contribution in [1.29, 1.82) is 0 Å². The van der Waals surface area contributed by atoms with Crippen molar-refractivity contribution in [3.8, 4) is 16.9 Å². The van der Waals surface area contributed by atoms with Crippen molar-refractivity contribution in [2.75, 3.05) is 12.4 Å². The van der Waals surface area contributed by atoms with Crippen LogP contribution in [0.5, 0.6) is 0 Å². The number of hydrogen-bond donors (Lipinski definition) is 2. The molecule has 4 rings (SSSR count). The van der Waals surface area contributed by atoms with Gasteiger partial charge in [0.1, 0.15) is 5.69 Å². The van der Waals surface area contributed by atoms with E-state index in [2.05, 4.69) is 15.7 Å². The molecule has 2 amide bonds. The van der Waals surface area contributed by atoms with Gasteiger partial charge in [-0.1, -0.05) is 48.5 Å². The Labute approximate surface area is 185 Å². The number of para-hydroxylation sites is 1. The molecule has 162 valence electrons. The van der Waals surface area contributed by atoms with Crippen molar-refractivity contribution < 1.29 is 9.59 Å². The van der Waals surface area contributed by atoms with Crippen molar-refractivity contribution >= 4 is 17.5 Å². The average molecular weight is 428 g/mol. The molecule has 0 bridgehead atoms. The van der Waals surface area contributed by atoms with Gasteiger partial charge in [-0.05, 0) is 26.0 Å². The van der Waals surface area contributed by atoms with Crippen LogP contribution in [-0.2, 0) is 6.54 Å². The van der Waals surface area contributed by atoms with Crippen LogP contribution >= 0.6 is 0 Å². The summed E-state index contributed by atoms with van der Waals surface area (Å²) in [5, 5.41) is 14.5. The van der Waals surface area contributed by atoms with E-state index in [9.17, 15) is 9.59 Å². The standard InChI is InChI=1S/C24H24N6O2/c1-4-29-15-19(22(27-29)24(32)25-3)26-23(31)20-16(2)30(18-13-9-6-10-14-18)28-21(20)17-11-7-5-8-12-17/h5-15H,4H2,1-3H3,(H,25,32)(H,26,31). The van der Waals surface area contributed by atoms with Gasteiger partial charge in [-0.3, -0.25) is 14.3 Å². The van der Waals surface area contributed by atoms with Crippen molar-refractivity contribution in [2.24, 2.45) is 0 Å². The molecule has 4 aromatic rings. The Balaban J connectivity index is 1.81. The lowest BCUT2D eigenvalue weighted by atomic mass is 10.1. The highest BCUT2D eigenvalue weighted by Crippen LogP contribution is 2.28. The highest BCUT2D eigenvalue weighted by atomic mass is 16.2. The average Bonchev–Trinajstić information content (AvgIpc) is 3.40. The van der Waals surface area contributed by atoms with Gasteiger partial charge in [0.15, 0.2) is 5.69 Å². The lowest BCUT2D eigenvalue weighted by molar-refractivity contribution is 0.0958. The van der Waals surface area contributed by atoms with Crippen LogP contribution in [0.25, 0.3) is 16.9 Å². The number of anilines is 1. The predicted octanol–water partition coefficient (Wildman–Crippen LogP) is 3.68. The van der Waals surface area contributed by atoms with E-state index in [1.807, 2.05) is 74.5 Å². The maximum atomic E-state index is 13.5. The molecule has 32 heavy (non-hydrogen) atoms. The third-order valence-corrected chi connectivity index (χ3v) is 5.17. The summed E-state index contributed by atoms with van der Waals surface area (Å²) in [5.74, 6) is -0.725. The lowest BCUT2D eigenvalue weighted by Crippen LogP contribution is -2.22. The van der Waals surface area contributed by atoms with Crippen LogP contribution in [0, 0.1) is 6.92 Å². The number of nitrogens with zero attached hydrogens (tertiary/aromatic N) is 4. The largest absolute Gasteiger partial charge is 0.354 e. The van der Waals surface area contributed by atoms with Gasteiger partial charge in [0.25, 0.3) is 11.8 Å².